The molecule has 2 fully saturated rings. The van der Waals surface area contributed by atoms with E-state index in [2.05, 4.69) is 15.8 Å². The summed E-state index contributed by atoms with van der Waals surface area (Å²) in [5.74, 6) is -1.18. The molecule has 3 rings (SSSR count). The third-order valence-electron chi connectivity index (χ3n) is 4.12. The van der Waals surface area contributed by atoms with E-state index in [0.717, 1.165) is 12.8 Å². The van der Waals surface area contributed by atoms with Gasteiger partial charge in [-0.3, -0.25) is 14.4 Å². The van der Waals surface area contributed by atoms with Crippen LogP contribution in [-0.2, 0) is 19.1 Å². The average molecular weight is 374 g/mol. The Bertz CT molecular complexity index is 726. The molecule has 0 bridgehead atoms. The van der Waals surface area contributed by atoms with E-state index in [4.69, 9.17) is 9.47 Å². The van der Waals surface area contributed by atoms with Crippen molar-refractivity contribution in [2.75, 3.05) is 32.9 Å². The molecule has 9 nitrogen and oxygen atoms in total. The Morgan fingerprint density at radius 1 is 1.19 bits per heavy atom. The van der Waals surface area contributed by atoms with Gasteiger partial charge in [0.05, 0.1) is 19.4 Å². The second kappa shape index (κ2) is 9.13. The van der Waals surface area contributed by atoms with Crippen molar-refractivity contribution >= 4 is 23.9 Å². The normalized spacial score (nSPS) is 16.8. The number of nitrogens with zero attached hydrogens (tertiary/aromatic N) is 2. The average Bonchev–Trinajstić information content (AvgIpc) is 3.51. The van der Waals surface area contributed by atoms with Crippen molar-refractivity contribution in [1.29, 1.82) is 0 Å². The van der Waals surface area contributed by atoms with E-state index < -0.39 is 11.8 Å². The minimum Gasteiger partial charge on any atom is -0.483 e. The van der Waals surface area contributed by atoms with Crippen molar-refractivity contribution in [2.45, 2.75) is 18.9 Å². The number of carbonyl (C=O) groups excluding carboxylic acids is 3. The quantitative estimate of drug-likeness (QED) is 0.402. The Kier molecular flexibility index (Phi) is 6.37. The van der Waals surface area contributed by atoms with Gasteiger partial charge in [0.25, 0.3) is 5.91 Å². The number of hydrogen-bond donors (Lipinski definition) is 2. The first-order valence-electron chi connectivity index (χ1n) is 8.85. The van der Waals surface area contributed by atoms with E-state index in [0.29, 0.717) is 37.6 Å². The third-order valence-corrected chi connectivity index (χ3v) is 4.12. The molecule has 0 unspecified atom stereocenters. The first-order valence-corrected chi connectivity index (χ1v) is 8.85. The maximum Gasteiger partial charge on any atom is 0.329 e. The molecule has 9 heteroatoms. The number of hydrogen-bond acceptors (Lipinski definition) is 6. The van der Waals surface area contributed by atoms with Crippen LogP contribution >= 0.6 is 0 Å². The van der Waals surface area contributed by atoms with Crippen LogP contribution in [-0.4, -0.2) is 67.8 Å². The standard InChI is InChI=1S/C18H22N4O5/c23-16(22-7-9-26-10-8-22)12-27-15-4-2-1-3-13(15)11-19-21-18(25)17(24)20-14-5-6-14/h1-4,11,14H,5-10,12H2,(H,20,24)(H,21,25)/b19-11-. The maximum absolute atomic E-state index is 12.2. The summed E-state index contributed by atoms with van der Waals surface area (Å²) in [5, 5.41) is 6.37. The smallest absolute Gasteiger partial charge is 0.329 e. The van der Waals surface area contributed by atoms with Gasteiger partial charge in [-0.2, -0.15) is 5.10 Å². The Morgan fingerprint density at radius 2 is 1.93 bits per heavy atom. The minimum absolute atomic E-state index is 0.0962. The van der Waals surface area contributed by atoms with Crippen LogP contribution < -0.4 is 15.5 Å². The van der Waals surface area contributed by atoms with Gasteiger partial charge in [-0.1, -0.05) is 12.1 Å². The molecule has 0 aromatic heterocycles. The molecule has 2 aliphatic rings. The van der Waals surface area contributed by atoms with Crippen LogP contribution in [0.3, 0.4) is 0 Å². The van der Waals surface area contributed by atoms with E-state index in [1.807, 2.05) is 0 Å². The zero-order valence-corrected chi connectivity index (χ0v) is 14.8. The Balaban J connectivity index is 1.51. The molecule has 27 heavy (non-hydrogen) atoms. The summed E-state index contributed by atoms with van der Waals surface area (Å²) < 4.78 is 10.8. The summed E-state index contributed by atoms with van der Waals surface area (Å²) in [6.07, 6.45) is 3.17. The Hall–Kier alpha value is -2.94. The van der Waals surface area contributed by atoms with E-state index in [1.54, 1.807) is 29.2 Å². The highest BCUT2D eigenvalue weighted by molar-refractivity contribution is 6.35. The van der Waals surface area contributed by atoms with Crippen molar-refractivity contribution in [1.82, 2.24) is 15.6 Å². The van der Waals surface area contributed by atoms with Gasteiger partial charge in [0.15, 0.2) is 6.61 Å². The molecule has 144 valence electrons. The largest absolute Gasteiger partial charge is 0.483 e. The molecule has 1 aromatic rings. The predicted octanol–water partition coefficient (Wildman–Crippen LogP) is -0.347. The monoisotopic (exact) mass is 374 g/mol. The molecule has 3 amide bonds. The van der Waals surface area contributed by atoms with Crippen LogP contribution in [0.4, 0.5) is 0 Å². The fraction of sp³-hybridized carbons (Fsp3) is 0.444. The Morgan fingerprint density at radius 3 is 2.67 bits per heavy atom. The number of carbonyl (C=O) groups is 3. The molecule has 2 N–H and O–H groups in total. The van der Waals surface area contributed by atoms with Crippen molar-refractivity contribution in [3.8, 4) is 5.75 Å². The van der Waals surface area contributed by atoms with Gasteiger partial charge >= 0.3 is 11.8 Å². The van der Waals surface area contributed by atoms with Gasteiger partial charge in [-0.15, -0.1) is 0 Å². The van der Waals surface area contributed by atoms with Crippen LogP contribution in [0.25, 0.3) is 0 Å². The lowest BCUT2D eigenvalue weighted by Crippen LogP contribution is -2.43. The van der Waals surface area contributed by atoms with Crippen LogP contribution in [0.2, 0.25) is 0 Å². The highest BCUT2D eigenvalue weighted by atomic mass is 16.5. The Labute approximate surface area is 156 Å². The molecule has 0 atom stereocenters. The minimum atomic E-state index is -0.820. The number of nitrogens with one attached hydrogen (secondary N) is 2. The second-order valence-corrected chi connectivity index (χ2v) is 6.27. The molecule has 1 aromatic carbocycles. The number of benzene rings is 1. The highest BCUT2D eigenvalue weighted by Gasteiger charge is 2.26. The van der Waals surface area contributed by atoms with Crippen LogP contribution in [0, 0.1) is 0 Å². The molecule has 1 aliphatic carbocycles. The molecular formula is C18H22N4O5. The van der Waals surface area contributed by atoms with Crippen LogP contribution in [0.1, 0.15) is 18.4 Å². The molecule has 1 aliphatic heterocycles. The topological polar surface area (TPSA) is 109 Å². The van der Waals surface area contributed by atoms with Crippen LogP contribution in [0.15, 0.2) is 29.4 Å². The van der Waals surface area contributed by atoms with Crippen molar-refractivity contribution < 1.29 is 23.9 Å². The fourth-order valence-electron chi connectivity index (χ4n) is 2.45. The number of hydrazone groups is 1. The molecule has 0 radical (unpaired) electrons. The molecular weight excluding hydrogens is 352 g/mol. The van der Waals surface area contributed by atoms with Gasteiger partial charge < -0.3 is 19.7 Å². The van der Waals surface area contributed by atoms with E-state index in [-0.39, 0.29) is 18.6 Å². The summed E-state index contributed by atoms with van der Waals surface area (Å²) in [7, 11) is 0. The number of ether oxygens (including phenoxy) is 2. The summed E-state index contributed by atoms with van der Waals surface area (Å²) >= 11 is 0. The lowest BCUT2D eigenvalue weighted by Gasteiger charge is -2.26. The maximum atomic E-state index is 12.2. The number of para-hydroxylation sites is 1. The zero-order chi connectivity index (χ0) is 19.1. The van der Waals surface area contributed by atoms with Gasteiger partial charge in [-0.05, 0) is 25.0 Å². The van der Waals surface area contributed by atoms with Crippen molar-refractivity contribution in [3.05, 3.63) is 29.8 Å². The second-order valence-electron chi connectivity index (χ2n) is 6.27. The fourth-order valence-corrected chi connectivity index (χ4v) is 2.45. The summed E-state index contributed by atoms with van der Waals surface area (Å²) in [6, 6.07) is 7.09. The first kappa shape index (κ1) is 18.8. The lowest BCUT2D eigenvalue weighted by molar-refractivity contribution is -0.139. The molecule has 1 saturated heterocycles. The number of amides is 3. The van der Waals surface area contributed by atoms with E-state index in [1.165, 1.54) is 6.21 Å². The van der Waals surface area contributed by atoms with Crippen molar-refractivity contribution in [3.63, 3.8) is 0 Å². The highest BCUT2D eigenvalue weighted by Crippen LogP contribution is 2.18. The summed E-state index contributed by atoms with van der Waals surface area (Å²) in [4.78, 5) is 37.1. The van der Waals surface area contributed by atoms with E-state index in [9.17, 15) is 14.4 Å². The molecule has 1 heterocycles. The zero-order valence-electron chi connectivity index (χ0n) is 14.8. The molecule has 1 saturated carbocycles. The van der Waals surface area contributed by atoms with Crippen molar-refractivity contribution in [2.24, 2.45) is 5.10 Å². The van der Waals surface area contributed by atoms with Gasteiger partial charge in [-0.25, -0.2) is 5.43 Å². The summed E-state index contributed by atoms with van der Waals surface area (Å²) in [6.45, 7) is 2.08. The molecule has 0 spiro atoms. The summed E-state index contributed by atoms with van der Waals surface area (Å²) in [5.41, 5.74) is 2.76. The van der Waals surface area contributed by atoms with Gasteiger partial charge in [0.2, 0.25) is 0 Å². The lowest BCUT2D eigenvalue weighted by atomic mass is 10.2. The van der Waals surface area contributed by atoms with E-state index >= 15 is 0 Å². The van der Waals surface area contributed by atoms with Gasteiger partial charge in [0.1, 0.15) is 5.75 Å². The number of morpholine rings is 1. The predicted molar refractivity (Wildman–Crippen MR) is 96.2 cm³/mol. The SMILES string of the molecule is O=C(N/N=C\c1ccccc1OCC(=O)N1CCOCC1)C(=O)NC1CC1. The number of rotatable bonds is 6. The third kappa shape index (κ3) is 5.78. The first-order chi connectivity index (χ1) is 13.1. The van der Waals surface area contributed by atoms with Gasteiger partial charge in [0, 0.05) is 24.7 Å². The van der Waals surface area contributed by atoms with Crippen LogP contribution in [0.5, 0.6) is 5.75 Å².